The predicted molar refractivity (Wildman–Crippen MR) is 148 cm³/mol. The lowest BCUT2D eigenvalue weighted by molar-refractivity contribution is -0.117. The summed E-state index contributed by atoms with van der Waals surface area (Å²) < 4.78 is 12.9. The SMILES string of the molecule is CCOc1cc(C2C3=C(CCCC3=O)N(CC)C3=C2C(=O)CCC3)cc(Br)c1OCc1ccccc1Cl. The van der Waals surface area contributed by atoms with Gasteiger partial charge < -0.3 is 14.4 Å². The maximum atomic E-state index is 13.4. The van der Waals surface area contributed by atoms with Gasteiger partial charge in [0.25, 0.3) is 0 Å². The van der Waals surface area contributed by atoms with Gasteiger partial charge in [0.15, 0.2) is 23.1 Å². The highest BCUT2D eigenvalue weighted by atomic mass is 79.9. The van der Waals surface area contributed by atoms with Crippen LogP contribution in [0.5, 0.6) is 11.5 Å². The Kier molecular flexibility index (Phi) is 7.77. The normalized spacial score (nSPS) is 18.2. The van der Waals surface area contributed by atoms with Crippen LogP contribution in [0.1, 0.15) is 69.4 Å². The average Bonchev–Trinajstić information content (AvgIpc) is 2.88. The largest absolute Gasteiger partial charge is 0.490 e. The van der Waals surface area contributed by atoms with Crippen LogP contribution in [-0.4, -0.2) is 29.6 Å². The molecule has 1 heterocycles. The Balaban J connectivity index is 1.62. The van der Waals surface area contributed by atoms with Crippen molar-refractivity contribution >= 4 is 39.1 Å². The lowest BCUT2D eigenvalue weighted by Gasteiger charge is -2.43. The standard InChI is InChI=1S/C30H31BrClNO4/c1-3-33-22-11-7-13-24(34)28(22)27(29-23(33)12-8-14-25(29)35)19-15-20(31)30(26(16-19)36-4-2)37-17-18-9-5-6-10-21(18)32/h5-6,9-10,15-16,27H,3-4,7-8,11-14,17H2,1-2H3. The number of ketones is 2. The number of rotatable bonds is 7. The summed E-state index contributed by atoms with van der Waals surface area (Å²) in [4.78, 5) is 29.1. The number of hydrogen-bond donors (Lipinski definition) is 0. The lowest BCUT2D eigenvalue weighted by atomic mass is 9.71. The predicted octanol–water partition coefficient (Wildman–Crippen LogP) is 7.51. The summed E-state index contributed by atoms with van der Waals surface area (Å²) in [5.74, 6) is 1.05. The van der Waals surface area contributed by atoms with Gasteiger partial charge in [-0.3, -0.25) is 9.59 Å². The molecule has 0 bridgehead atoms. The lowest BCUT2D eigenvalue weighted by Crippen LogP contribution is -2.39. The van der Waals surface area contributed by atoms with Gasteiger partial charge in [-0.25, -0.2) is 0 Å². The molecule has 5 nitrogen and oxygen atoms in total. The van der Waals surface area contributed by atoms with E-state index >= 15 is 0 Å². The van der Waals surface area contributed by atoms with Crippen molar-refractivity contribution in [2.45, 2.75) is 64.9 Å². The van der Waals surface area contributed by atoms with Crippen LogP contribution in [0.25, 0.3) is 0 Å². The number of carbonyl (C=O) groups is 2. The summed E-state index contributed by atoms with van der Waals surface area (Å²) in [5, 5.41) is 0.640. The Morgan fingerprint density at radius 2 is 1.59 bits per heavy atom. The summed E-state index contributed by atoms with van der Waals surface area (Å²) in [6.45, 7) is 5.52. The summed E-state index contributed by atoms with van der Waals surface area (Å²) in [6.07, 6.45) is 4.44. The molecule has 1 aliphatic heterocycles. The maximum absolute atomic E-state index is 13.4. The first-order valence-electron chi connectivity index (χ1n) is 13.1. The summed E-state index contributed by atoms with van der Waals surface area (Å²) in [7, 11) is 0. The summed E-state index contributed by atoms with van der Waals surface area (Å²) >= 11 is 10.0. The van der Waals surface area contributed by atoms with Crippen molar-refractivity contribution in [2.75, 3.05) is 13.2 Å². The Bertz CT molecular complexity index is 1270. The zero-order valence-corrected chi connectivity index (χ0v) is 23.6. The molecule has 194 valence electrons. The molecule has 0 unspecified atom stereocenters. The molecular formula is C30H31BrClNO4. The first-order chi connectivity index (χ1) is 17.9. The first kappa shape index (κ1) is 26.1. The van der Waals surface area contributed by atoms with E-state index < -0.39 is 0 Å². The molecule has 2 aromatic rings. The van der Waals surface area contributed by atoms with Crippen molar-refractivity contribution in [3.05, 3.63) is 79.6 Å². The highest BCUT2D eigenvalue weighted by molar-refractivity contribution is 9.10. The van der Waals surface area contributed by atoms with Crippen LogP contribution >= 0.6 is 27.5 Å². The second kappa shape index (κ2) is 11.0. The van der Waals surface area contributed by atoms with E-state index in [-0.39, 0.29) is 24.1 Å². The number of carbonyl (C=O) groups excluding carboxylic acids is 2. The monoisotopic (exact) mass is 583 g/mol. The van der Waals surface area contributed by atoms with Crippen LogP contribution in [0.15, 0.2) is 63.4 Å². The van der Waals surface area contributed by atoms with Crippen molar-refractivity contribution in [3.63, 3.8) is 0 Å². The van der Waals surface area contributed by atoms with E-state index in [4.69, 9.17) is 21.1 Å². The van der Waals surface area contributed by atoms with Gasteiger partial charge in [0, 0.05) is 58.4 Å². The zero-order valence-electron chi connectivity index (χ0n) is 21.2. The fraction of sp³-hybridized carbons (Fsp3) is 0.400. The Hall–Kier alpha value is -2.57. The van der Waals surface area contributed by atoms with Crippen molar-refractivity contribution in [2.24, 2.45) is 0 Å². The van der Waals surface area contributed by atoms with E-state index in [1.54, 1.807) is 0 Å². The molecule has 3 aliphatic rings. The molecule has 0 amide bonds. The third-order valence-electron chi connectivity index (χ3n) is 7.40. The van der Waals surface area contributed by atoms with Crippen molar-refractivity contribution in [1.82, 2.24) is 4.90 Å². The Morgan fingerprint density at radius 3 is 2.19 bits per heavy atom. The van der Waals surface area contributed by atoms with Gasteiger partial charge in [-0.15, -0.1) is 0 Å². The molecule has 0 atom stereocenters. The minimum atomic E-state index is -0.387. The number of nitrogens with zero attached hydrogens (tertiary/aromatic N) is 1. The summed E-state index contributed by atoms with van der Waals surface area (Å²) in [6, 6.07) is 11.5. The van der Waals surface area contributed by atoms with Gasteiger partial charge in [-0.1, -0.05) is 29.8 Å². The second-order valence-electron chi connectivity index (χ2n) is 9.59. The zero-order chi connectivity index (χ0) is 26.1. The molecular weight excluding hydrogens is 554 g/mol. The molecule has 0 spiro atoms. The van der Waals surface area contributed by atoms with Crippen molar-refractivity contribution in [1.29, 1.82) is 0 Å². The fourth-order valence-corrected chi connectivity index (χ4v) is 6.62. The van der Waals surface area contributed by atoms with Crippen molar-refractivity contribution < 1.29 is 19.1 Å². The van der Waals surface area contributed by atoms with Crippen LogP contribution in [0.2, 0.25) is 5.02 Å². The van der Waals surface area contributed by atoms with Crippen LogP contribution in [0, 0.1) is 0 Å². The van der Waals surface area contributed by atoms with Gasteiger partial charge >= 0.3 is 0 Å². The quantitative estimate of drug-likeness (QED) is 0.337. The summed E-state index contributed by atoms with van der Waals surface area (Å²) in [5.41, 5.74) is 5.49. The third kappa shape index (κ3) is 4.86. The average molecular weight is 585 g/mol. The molecule has 7 heteroatoms. The molecule has 2 aromatic carbocycles. The number of Topliss-reactive ketones (excluding diaryl/α,β-unsaturated/α-hetero) is 2. The highest BCUT2D eigenvalue weighted by Gasteiger charge is 2.43. The van der Waals surface area contributed by atoms with Gasteiger partial charge in [0.05, 0.1) is 11.1 Å². The smallest absolute Gasteiger partial charge is 0.175 e. The van der Waals surface area contributed by atoms with E-state index in [0.717, 1.165) is 65.9 Å². The second-order valence-corrected chi connectivity index (χ2v) is 10.9. The van der Waals surface area contributed by atoms with E-state index in [2.05, 4.69) is 27.8 Å². The molecule has 0 fully saturated rings. The molecule has 37 heavy (non-hydrogen) atoms. The van der Waals surface area contributed by atoms with E-state index in [1.165, 1.54) is 0 Å². The minimum Gasteiger partial charge on any atom is -0.490 e. The maximum Gasteiger partial charge on any atom is 0.175 e. The number of benzene rings is 2. The number of hydrogen-bond acceptors (Lipinski definition) is 5. The van der Waals surface area contributed by atoms with Gasteiger partial charge in [-0.05, 0) is 79.2 Å². The van der Waals surface area contributed by atoms with Crippen LogP contribution in [0.3, 0.4) is 0 Å². The van der Waals surface area contributed by atoms with Crippen LogP contribution in [0.4, 0.5) is 0 Å². The van der Waals surface area contributed by atoms with Crippen LogP contribution in [-0.2, 0) is 16.2 Å². The van der Waals surface area contributed by atoms with Gasteiger partial charge in [-0.2, -0.15) is 0 Å². The van der Waals surface area contributed by atoms with E-state index in [1.807, 2.05) is 43.3 Å². The fourth-order valence-electron chi connectivity index (χ4n) is 5.85. The van der Waals surface area contributed by atoms with E-state index in [9.17, 15) is 9.59 Å². The Labute approximate surface area is 231 Å². The Morgan fingerprint density at radius 1 is 0.946 bits per heavy atom. The van der Waals surface area contributed by atoms with E-state index in [0.29, 0.717) is 40.4 Å². The van der Waals surface area contributed by atoms with Gasteiger partial charge in [0.1, 0.15) is 6.61 Å². The molecule has 0 N–H and O–H groups in total. The van der Waals surface area contributed by atoms with Gasteiger partial charge in [0.2, 0.25) is 0 Å². The minimum absolute atomic E-state index is 0.141. The van der Waals surface area contributed by atoms with Crippen molar-refractivity contribution in [3.8, 4) is 11.5 Å². The molecule has 0 saturated heterocycles. The third-order valence-corrected chi connectivity index (χ3v) is 8.36. The number of ether oxygens (including phenoxy) is 2. The molecule has 0 radical (unpaired) electrons. The highest BCUT2D eigenvalue weighted by Crippen LogP contribution is 2.51. The first-order valence-corrected chi connectivity index (χ1v) is 14.2. The topological polar surface area (TPSA) is 55.8 Å². The molecule has 0 saturated carbocycles. The number of allylic oxidation sites excluding steroid dienone is 4. The molecule has 2 aliphatic carbocycles. The molecule has 5 rings (SSSR count). The van der Waals surface area contributed by atoms with Crippen LogP contribution < -0.4 is 9.47 Å². The molecule has 0 aromatic heterocycles. The number of halogens is 2.